The number of benzene rings is 2. The Hall–Kier alpha value is -3.15. The minimum Gasteiger partial charge on any atom is -0.508 e. The normalized spacial score (nSPS) is 15.4. The van der Waals surface area contributed by atoms with Crippen molar-refractivity contribution in [3.8, 4) is 22.9 Å². The summed E-state index contributed by atoms with van der Waals surface area (Å²) in [5.74, 6) is 0.921. The van der Waals surface area contributed by atoms with Gasteiger partial charge in [-0.1, -0.05) is 48.6 Å². The number of hydrogen-bond acceptors (Lipinski definition) is 5. The molecule has 2 heterocycles. The molecule has 5 heteroatoms. The smallest absolute Gasteiger partial charge is 0.213 e. The lowest BCUT2D eigenvalue weighted by atomic mass is 10.1. The van der Waals surface area contributed by atoms with Gasteiger partial charge in [0.2, 0.25) is 5.88 Å². The standard InChI is InChI=1S/C26H29N3O2/c1-31-26-11-5-10-24(27-26)22-12-13-25(30)23(19-22)20-29-17-15-28(16-18-29)14-6-9-21-7-3-2-4-8-21/h2-13,19,30H,14-18,20H2,1H3. The Morgan fingerprint density at radius 2 is 1.71 bits per heavy atom. The van der Waals surface area contributed by atoms with Gasteiger partial charge >= 0.3 is 0 Å². The van der Waals surface area contributed by atoms with E-state index in [1.807, 2.05) is 36.4 Å². The van der Waals surface area contributed by atoms with Gasteiger partial charge in [0, 0.05) is 56.5 Å². The Kier molecular flexibility index (Phi) is 6.97. The minimum atomic E-state index is 0.333. The third-order valence-corrected chi connectivity index (χ3v) is 5.64. The summed E-state index contributed by atoms with van der Waals surface area (Å²) in [5, 5.41) is 10.4. The molecule has 1 N–H and O–H groups in total. The first-order valence-electron chi connectivity index (χ1n) is 10.7. The van der Waals surface area contributed by atoms with Crippen LogP contribution in [0.4, 0.5) is 0 Å². The Balaban J connectivity index is 1.33. The zero-order chi connectivity index (χ0) is 21.5. The molecule has 2 aromatic carbocycles. The van der Waals surface area contributed by atoms with Crippen LogP contribution in [-0.2, 0) is 6.54 Å². The van der Waals surface area contributed by atoms with Crippen LogP contribution in [0.15, 0.2) is 72.8 Å². The van der Waals surface area contributed by atoms with Crippen molar-refractivity contribution in [3.63, 3.8) is 0 Å². The highest BCUT2D eigenvalue weighted by Gasteiger charge is 2.17. The second kappa shape index (κ2) is 10.2. The Bertz CT molecular complexity index is 1010. The largest absolute Gasteiger partial charge is 0.508 e. The third-order valence-electron chi connectivity index (χ3n) is 5.64. The Morgan fingerprint density at radius 3 is 2.48 bits per heavy atom. The van der Waals surface area contributed by atoms with Gasteiger partial charge < -0.3 is 9.84 Å². The number of aromatic nitrogens is 1. The molecular formula is C26H29N3O2. The van der Waals surface area contributed by atoms with E-state index in [4.69, 9.17) is 4.74 Å². The average molecular weight is 416 g/mol. The molecule has 0 amide bonds. The van der Waals surface area contributed by atoms with Gasteiger partial charge in [0.25, 0.3) is 0 Å². The summed E-state index contributed by atoms with van der Waals surface area (Å²) in [6.07, 6.45) is 4.42. The molecule has 0 atom stereocenters. The fraction of sp³-hybridized carbons (Fsp3) is 0.269. The molecule has 0 aliphatic carbocycles. The molecule has 31 heavy (non-hydrogen) atoms. The fourth-order valence-corrected chi connectivity index (χ4v) is 3.83. The van der Waals surface area contributed by atoms with Gasteiger partial charge in [-0.15, -0.1) is 0 Å². The molecule has 3 aromatic rings. The van der Waals surface area contributed by atoms with E-state index in [-0.39, 0.29) is 0 Å². The number of phenolic OH excluding ortho intramolecular Hbond substituents is 1. The van der Waals surface area contributed by atoms with Crippen molar-refractivity contribution in [2.24, 2.45) is 0 Å². The molecule has 160 valence electrons. The molecule has 4 rings (SSSR count). The van der Waals surface area contributed by atoms with Gasteiger partial charge in [-0.05, 0) is 29.8 Å². The van der Waals surface area contributed by atoms with Crippen molar-refractivity contribution >= 4 is 6.08 Å². The van der Waals surface area contributed by atoms with E-state index in [2.05, 4.69) is 51.2 Å². The third kappa shape index (κ3) is 5.72. The van der Waals surface area contributed by atoms with Crippen LogP contribution in [0.2, 0.25) is 0 Å². The Morgan fingerprint density at radius 1 is 0.935 bits per heavy atom. The summed E-state index contributed by atoms with van der Waals surface area (Å²) in [6.45, 7) is 5.72. The van der Waals surface area contributed by atoms with Crippen LogP contribution in [0.5, 0.6) is 11.6 Å². The van der Waals surface area contributed by atoms with Gasteiger partial charge in [0.1, 0.15) is 5.75 Å². The summed E-state index contributed by atoms with van der Waals surface area (Å²) in [4.78, 5) is 9.37. The number of nitrogens with zero attached hydrogens (tertiary/aromatic N) is 3. The SMILES string of the molecule is COc1cccc(-c2ccc(O)c(CN3CCN(CC=Cc4ccccc4)CC3)c2)n1. The van der Waals surface area contributed by atoms with Crippen molar-refractivity contribution in [1.29, 1.82) is 0 Å². The number of hydrogen-bond donors (Lipinski definition) is 1. The van der Waals surface area contributed by atoms with Crippen LogP contribution in [0, 0.1) is 0 Å². The highest BCUT2D eigenvalue weighted by Crippen LogP contribution is 2.27. The molecule has 0 spiro atoms. The molecule has 1 fully saturated rings. The molecule has 0 saturated carbocycles. The molecule has 5 nitrogen and oxygen atoms in total. The van der Waals surface area contributed by atoms with E-state index in [0.717, 1.165) is 56.1 Å². The van der Waals surface area contributed by atoms with E-state index in [9.17, 15) is 5.11 Å². The molecule has 0 unspecified atom stereocenters. The molecule has 0 bridgehead atoms. The highest BCUT2D eigenvalue weighted by atomic mass is 16.5. The number of aromatic hydroxyl groups is 1. The van der Waals surface area contributed by atoms with Gasteiger partial charge in [0.15, 0.2) is 0 Å². The lowest BCUT2D eigenvalue weighted by molar-refractivity contribution is 0.136. The summed E-state index contributed by atoms with van der Waals surface area (Å²) >= 11 is 0. The quantitative estimate of drug-likeness (QED) is 0.624. The number of ether oxygens (including phenoxy) is 1. The van der Waals surface area contributed by atoms with Crippen molar-refractivity contribution in [3.05, 3.63) is 83.9 Å². The predicted molar refractivity (Wildman–Crippen MR) is 125 cm³/mol. The van der Waals surface area contributed by atoms with E-state index < -0.39 is 0 Å². The lowest BCUT2D eigenvalue weighted by Gasteiger charge is -2.34. The van der Waals surface area contributed by atoms with Crippen LogP contribution < -0.4 is 4.74 Å². The maximum atomic E-state index is 10.4. The van der Waals surface area contributed by atoms with E-state index >= 15 is 0 Å². The molecular weight excluding hydrogens is 386 g/mol. The van der Waals surface area contributed by atoms with Crippen LogP contribution >= 0.6 is 0 Å². The fourth-order valence-electron chi connectivity index (χ4n) is 3.83. The van der Waals surface area contributed by atoms with E-state index in [0.29, 0.717) is 11.6 Å². The van der Waals surface area contributed by atoms with Gasteiger partial charge in [-0.2, -0.15) is 0 Å². The number of phenols is 1. The summed E-state index contributed by atoms with van der Waals surface area (Å²) in [7, 11) is 1.62. The molecule has 0 radical (unpaired) electrons. The zero-order valence-corrected chi connectivity index (χ0v) is 17.9. The maximum absolute atomic E-state index is 10.4. The van der Waals surface area contributed by atoms with Crippen molar-refractivity contribution in [2.75, 3.05) is 39.8 Å². The summed E-state index contributed by atoms with van der Waals surface area (Å²) < 4.78 is 5.24. The first kappa shape index (κ1) is 21.1. The topological polar surface area (TPSA) is 48.8 Å². The first-order chi connectivity index (χ1) is 15.2. The van der Waals surface area contributed by atoms with Crippen molar-refractivity contribution in [2.45, 2.75) is 6.54 Å². The number of rotatable bonds is 7. The predicted octanol–water partition coefficient (Wildman–Crippen LogP) is 4.29. The van der Waals surface area contributed by atoms with Gasteiger partial charge in [-0.3, -0.25) is 9.80 Å². The van der Waals surface area contributed by atoms with E-state index in [1.165, 1.54) is 5.56 Å². The van der Waals surface area contributed by atoms with Crippen molar-refractivity contribution < 1.29 is 9.84 Å². The first-order valence-corrected chi connectivity index (χ1v) is 10.7. The monoisotopic (exact) mass is 415 g/mol. The van der Waals surface area contributed by atoms with Crippen LogP contribution in [0.25, 0.3) is 17.3 Å². The zero-order valence-electron chi connectivity index (χ0n) is 17.9. The lowest BCUT2D eigenvalue weighted by Crippen LogP contribution is -2.45. The molecule has 1 aliphatic rings. The van der Waals surface area contributed by atoms with E-state index in [1.54, 1.807) is 13.2 Å². The maximum Gasteiger partial charge on any atom is 0.213 e. The average Bonchev–Trinajstić information content (AvgIpc) is 2.82. The summed E-state index contributed by atoms with van der Waals surface area (Å²) in [5.41, 5.74) is 3.99. The van der Waals surface area contributed by atoms with Gasteiger partial charge in [-0.25, -0.2) is 4.98 Å². The molecule has 1 aliphatic heterocycles. The van der Waals surface area contributed by atoms with Crippen molar-refractivity contribution in [1.82, 2.24) is 14.8 Å². The van der Waals surface area contributed by atoms with Crippen LogP contribution in [0.1, 0.15) is 11.1 Å². The minimum absolute atomic E-state index is 0.333. The second-order valence-corrected chi connectivity index (χ2v) is 7.80. The van der Waals surface area contributed by atoms with Crippen LogP contribution in [-0.4, -0.2) is 59.7 Å². The number of methoxy groups -OCH3 is 1. The molecule has 1 aromatic heterocycles. The molecule has 1 saturated heterocycles. The number of piperazine rings is 1. The summed E-state index contributed by atoms with van der Waals surface area (Å²) in [6, 6.07) is 21.8. The van der Waals surface area contributed by atoms with Crippen LogP contribution in [0.3, 0.4) is 0 Å². The number of pyridine rings is 1. The highest BCUT2D eigenvalue weighted by molar-refractivity contribution is 5.62. The van der Waals surface area contributed by atoms with Gasteiger partial charge in [0.05, 0.1) is 12.8 Å². The second-order valence-electron chi connectivity index (χ2n) is 7.80. The Labute approximate surface area is 184 Å².